The van der Waals surface area contributed by atoms with Crippen LogP contribution in [0.4, 0.5) is 0 Å². The van der Waals surface area contributed by atoms with Gasteiger partial charge in [-0.25, -0.2) is 0 Å². The van der Waals surface area contributed by atoms with Gasteiger partial charge in [0, 0.05) is 24.5 Å². The molecular formula is C32H53NO2. The van der Waals surface area contributed by atoms with E-state index in [-0.39, 0.29) is 16.8 Å². The normalized spacial score (nSPS) is 9.71. The second-order valence-corrected chi connectivity index (χ2v) is 8.14. The zero-order valence-corrected chi connectivity index (χ0v) is 25.0. The minimum atomic E-state index is -0.233. The molecule has 0 amide bonds. The molecule has 0 aliphatic carbocycles. The van der Waals surface area contributed by atoms with Crippen molar-refractivity contribution in [2.24, 2.45) is 5.92 Å². The van der Waals surface area contributed by atoms with Crippen molar-refractivity contribution in [2.45, 2.75) is 103 Å². The fraction of sp³-hybridized carbons (Fsp3) is 0.500. The standard InChI is InChI=1S/C22H25NO2.C4H10.3C2H6/c1-6-11-23-14-20(18(5)24)22(25)13-21(23)17(4)12-16(3)19-9-7-15(2)8-10-19;1-4(2)3;3*1-2/h7-10,12-14H,3,6,11H2,1-2,4-5H3;4H,1-3H3;3*1-2H3/b17-12+;;;;. The number of allylic oxidation sites excluding steroid dienone is 3. The number of aryl methyl sites for hydroxylation is 2. The van der Waals surface area contributed by atoms with E-state index < -0.39 is 0 Å². The van der Waals surface area contributed by atoms with E-state index in [9.17, 15) is 9.59 Å². The molecule has 0 N–H and O–H groups in total. The number of carbonyl (C=O) groups is 1. The van der Waals surface area contributed by atoms with Crippen LogP contribution in [0.5, 0.6) is 0 Å². The maximum atomic E-state index is 12.3. The Morgan fingerprint density at radius 1 is 0.971 bits per heavy atom. The van der Waals surface area contributed by atoms with Gasteiger partial charge in [0.2, 0.25) is 0 Å². The Hall–Kier alpha value is -2.68. The molecule has 0 spiro atoms. The van der Waals surface area contributed by atoms with Gasteiger partial charge in [-0.05, 0) is 55.9 Å². The third-order valence-corrected chi connectivity index (χ3v) is 4.19. The Balaban J connectivity index is -0.000000892. The lowest BCUT2D eigenvalue weighted by Gasteiger charge is -2.15. The highest BCUT2D eigenvalue weighted by atomic mass is 16.1. The van der Waals surface area contributed by atoms with Crippen molar-refractivity contribution in [3.05, 3.63) is 81.8 Å². The van der Waals surface area contributed by atoms with Crippen LogP contribution in [0.15, 0.2) is 54.0 Å². The topological polar surface area (TPSA) is 39.1 Å². The van der Waals surface area contributed by atoms with Gasteiger partial charge >= 0.3 is 0 Å². The summed E-state index contributed by atoms with van der Waals surface area (Å²) < 4.78 is 1.98. The molecule has 198 valence electrons. The SMILES string of the molecule is C=C(/C=C(\C)c1cc(=O)c(C(C)=O)cn1CCC)c1ccc(C)cc1.CC.CC.CC.CC(C)C. The average molecular weight is 484 g/mol. The Morgan fingerprint density at radius 3 is 1.83 bits per heavy atom. The lowest BCUT2D eigenvalue weighted by Crippen LogP contribution is -2.18. The molecule has 0 atom stereocenters. The molecular weight excluding hydrogens is 430 g/mol. The van der Waals surface area contributed by atoms with Crippen molar-refractivity contribution >= 4 is 16.9 Å². The summed E-state index contributed by atoms with van der Waals surface area (Å²) in [6.45, 7) is 30.9. The molecule has 0 radical (unpaired) electrons. The first kappa shape index (κ1) is 36.9. The monoisotopic (exact) mass is 483 g/mol. The quantitative estimate of drug-likeness (QED) is 0.303. The number of ketones is 1. The largest absolute Gasteiger partial charge is 0.347 e. The van der Waals surface area contributed by atoms with E-state index in [4.69, 9.17) is 0 Å². The van der Waals surface area contributed by atoms with E-state index in [0.29, 0.717) is 0 Å². The van der Waals surface area contributed by atoms with Gasteiger partial charge in [-0.15, -0.1) is 0 Å². The van der Waals surface area contributed by atoms with Crippen molar-refractivity contribution in [1.29, 1.82) is 0 Å². The number of aromatic nitrogens is 1. The second-order valence-electron chi connectivity index (χ2n) is 8.14. The average Bonchev–Trinajstić information content (AvgIpc) is 2.83. The van der Waals surface area contributed by atoms with Crippen molar-refractivity contribution in [2.75, 3.05) is 0 Å². The predicted octanol–water partition coefficient (Wildman–Crippen LogP) is 9.63. The number of Topliss-reactive ketones (excluding diaryl/α,β-unsaturated/α-hetero) is 1. The van der Waals surface area contributed by atoms with Crippen LogP contribution in [0.2, 0.25) is 0 Å². The zero-order chi connectivity index (χ0) is 28.1. The Morgan fingerprint density at radius 2 is 1.43 bits per heavy atom. The van der Waals surface area contributed by atoms with Crippen LogP contribution in [0.3, 0.4) is 0 Å². The molecule has 2 rings (SSSR count). The smallest absolute Gasteiger partial charge is 0.192 e. The highest BCUT2D eigenvalue weighted by Gasteiger charge is 2.11. The van der Waals surface area contributed by atoms with Crippen molar-refractivity contribution in [3.8, 4) is 0 Å². The van der Waals surface area contributed by atoms with Crippen LogP contribution in [-0.4, -0.2) is 10.4 Å². The molecule has 0 aliphatic heterocycles. The van der Waals surface area contributed by atoms with E-state index in [2.05, 4.69) is 46.4 Å². The third kappa shape index (κ3) is 15.0. The zero-order valence-electron chi connectivity index (χ0n) is 25.0. The molecule has 3 heteroatoms. The Bertz CT molecular complexity index is 926. The summed E-state index contributed by atoms with van der Waals surface area (Å²) in [5, 5.41) is 0. The van der Waals surface area contributed by atoms with Crippen LogP contribution >= 0.6 is 0 Å². The first-order valence-electron chi connectivity index (χ1n) is 13.3. The number of carbonyl (C=O) groups excluding carboxylic acids is 1. The summed E-state index contributed by atoms with van der Waals surface area (Å²) in [6, 6.07) is 9.75. The van der Waals surface area contributed by atoms with E-state index in [1.165, 1.54) is 12.5 Å². The molecule has 0 saturated carbocycles. The summed E-state index contributed by atoms with van der Waals surface area (Å²) in [7, 11) is 0. The van der Waals surface area contributed by atoms with Crippen LogP contribution < -0.4 is 5.43 Å². The summed E-state index contributed by atoms with van der Waals surface area (Å²) in [6.07, 6.45) is 4.58. The van der Waals surface area contributed by atoms with Crippen molar-refractivity contribution in [1.82, 2.24) is 4.57 Å². The van der Waals surface area contributed by atoms with Gasteiger partial charge in [0.15, 0.2) is 11.2 Å². The summed E-state index contributed by atoms with van der Waals surface area (Å²) in [5.41, 5.74) is 4.93. The van der Waals surface area contributed by atoms with Gasteiger partial charge in [0.05, 0.1) is 5.56 Å². The number of rotatable bonds is 6. The van der Waals surface area contributed by atoms with Gasteiger partial charge in [-0.1, -0.05) is 106 Å². The fourth-order valence-electron chi connectivity index (χ4n) is 2.79. The number of benzene rings is 1. The molecule has 0 unspecified atom stereocenters. The van der Waals surface area contributed by atoms with Gasteiger partial charge in [-0.2, -0.15) is 0 Å². The molecule has 35 heavy (non-hydrogen) atoms. The Kier molecular flexibility index (Phi) is 23.0. The van der Waals surface area contributed by atoms with E-state index in [1.807, 2.05) is 78.2 Å². The van der Waals surface area contributed by atoms with Crippen LogP contribution in [0.1, 0.15) is 117 Å². The molecule has 1 aromatic carbocycles. The lowest BCUT2D eigenvalue weighted by atomic mass is 10.0. The highest BCUT2D eigenvalue weighted by molar-refractivity contribution is 5.94. The van der Waals surface area contributed by atoms with E-state index in [0.717, 1.165) is 41.3 Å². The van der Waals surface area contributed by atoms with Gasteiger partial charge in [0.25, 0.3) is 0 Å². The van der Waals surface area contributed by atoms with Crippen LogP contribution in [0.25, 0.3) is 11.1 Å². The van der Waals surface area contributed by atoms with E-state index >= 15 is 0 Å². The maximum Gasteiger partial charge on any atom is 0.192 e. The van der Waals surface area contributed by atoms with Gasteiger partial charge < -0.3 is 4.57 Å². The van der Waals surface area contributed by atoms with Gasteiger partial charge in [0.1, 0.15) is 0 Å². The summed E-state index contributed by atoms with van der Waals surface area (Å²) in [5.74, 6) is 0.632. The van der Waals surface area contributed by atoms with Crippen LogP contribution in [0, 0.1) is 12.8 Å². The number of hydrogen-bond acceptors (Lipinski definition) is 2. The second kappa shape index (κ2) is 21.8. The maximum absolute atomic E-state index is 12.3. The Labute approximate surface area is 217 Å². The minimum Gasteiger partial charge on any atom is -0.347 e. The molecule has 2 aromatic rings. The first-order valence-corrected chi connectivity index (χ1v) is 13.3. The predicted molar refractivity (Wildman–Crippen MR) is 159 cm³/mol. The first-order chi connectivity index (χ1) is 16.6. The van der Waals surface area contributed by atoms with E-state index in [1.54, 1.807) is 12.3 Å². The molecule has 1 heterocycles. The van der Waals surface area contributed by atoms with Crippen LogP contribution in [-0.2, 0) is 6.54 Å². The molecule has 0 aliphatic rings. The minimum absolute atomic E-state index is 0.202. The molecule has 0 saturated heterocycles. The lowest BCUT2D eigenvalue weighted by molar-refractivity contribution is 0.101. The number of pyridine rings is 1. The molecule has 0 bridgehead atoms. The number of hydrogen-bond donors (Lipinski definition) is 0. The molecule has 3 nitrogen and oxygen atoms in total. The number of nitrogens with zero attached hydrogens (tertiary/aromatic N) is 1. The molecule has 1 aromatic heterocycles. The summed E-state index contributed by atoms with van der Waals surface area (Å²) >= 11 is 0. The van der Waals surface area contributed by atoms with Crippen molar-refractivity contribution in [3.63, 3.8) is 0 Å². The molecule has 0 fully saturated rings. The third-order valence-electron chi connectivity index (χ3n) is 4.19. The fourth-order valence-corrected chi connectivity index (χ4v) is 2.79. The highest BCUT2D eigenvalue weighted by Crippen LogP contribution is 2.21. The van der Waals surface area contributed by atoms with Crippen molar-refractivity contribution < 1.29 is 4.79 Å². The summed E-state index contributed by atoms with van der Waals surface area (Å²) in [4.78, 5) is 23.9. The van der Waals surface area contributed by atoms with Gasteiger partial charge in [-0.3, -0.25) is 9.59 Å².